The van der Waals surface area contributed by atoms with Crippen molar-refractivity contribution in [3.8, 4) is 11.5 Å². The Morgan fingerprint density at radius 1 is 1.19 bits per heavy atom. The van der Waals surface area contributed by atoms with Crippen LogP contribution in [0.15, 0.2) is 67.0 Å². The van der Waals surface area contributed by atoms with Gasteiger partial charge in [-0.25, -0.2) is 0 Å². The van der Waals surface area contributed by atoms with E-state index in [0.717, 1.165) is 71.8 Å². The molecule has 3 aliphatic heterocycles. The first-order valence-electron chi connectivity index (χ1n) is 13.1. The van der Waals surface area contributed by atoms with Gasteiger partial charge in [-0.1, -0.05) is 30.9 Å². The van der Waals surface area contributed by atoms with Crippen molar-refractivity contribution in [3.05, 3.63) is 83.8 Å². The second kappa shape index (κ2) is 8.99. The van der Waals surface area contributed by atoms with E-state index in [1.807, 2.05) is 42.2 Å². The molecule has 0 unspecified atom stereocenters. The van der Waals surface area contributed by atoms with Gasteiger partial charge >= 0.3 is 0 Å². The van der Waals surface area contributed by atoms with Gasteiger partial charge in [-0.05, 0) is 61.2 Å². The van der Waals surface area contributed by atoms with Crippen molar-refractivity contribution in [2.24, 2.45) is 0 Å². The number of rotatable bonds is 6. The van der Waals surface area contributed by atoms with E-state index < -0.39 is 5.54 Å². The van der Waals surface area contributed by atoms with E-state index in [4.69, 9.17) is 4.74 Å². The number of hydrogen-bond donors (Lipinski definition) is 2. The molecule has 1 amide bonds. The molecule has 2 N–H and O–H groups in total. The number of hydrogen-bond acceptors (Lipinski definition) is 5. The van der Waals surface area contributed by atoms with Crippen molar-refractivity contribution < 1.29 is 14.6 Å². The van der Waals surface area contributed by atoms with Gasteiger partial charge in [-0.3, -0.25) is 14.6 Å². The molecule has 7 nitrogen and oxygen atoms in total. The van der Waals surface area contributed by atoms with Gasteiger partial charge in [-0.2, -0.15) is 0 Å². The van der Waals surface area contributed by atoms with E-state index in [1.54, 1.807) is 19.2 Å². The van der Waals surface area contributed by atoms with E-state index in [0.29, 0.717) is 13.0 Å². The summed E-state index contributed by atoms with van der Waals surface area (Å²) in [6.07, 6.45) is 7.00. The lowest BCUT2D eigenvalue weighted by Gasteiger charge is -2.44. The van der Waals surface area contributed by atoms with Gasteiger partial charge < -0.3 is 19.7 Å². The number of amides is 1. The minimum Gasteiger partial charge on any atom is -0.508 e. The fourth-order valence-corrected chi connectivity index (χ4v) is 6.38. The number of carbonyl (C=O) groups excluding carboxylic acids is 1. The maximum absolute atomic E-state index is 14.1. The van der Waals surface area contributed by atoms with E-state index >= 15 is 0 Å². The van der Waals surface area contributed by atoms with Crippen molar-refractivity contribution in [1.29, 1.82) is 0 Å². The molecule has 0 aliphatic carbocycles. The SMILES string of the molecule is C=C1N(CCCN2CC=CCC2)C(=O)[C@]2(C)Cc3c([nH]c4ccc(OC)cc34)[C@@H](c3cccc(O)c3)N12. The number of benzene rings is 2. The highest BCUT2D eigenvalue weighted by Crippen LogP contribution is 2.51. The fourth-order valence-electron chi connectivity index (χ4n) is 6.38. The highest BCUT2D eigenvalue weighted by atomic mass is 16.5. The number of nitrogens with one attached hydrogen (secondary N) is 1. The Morgan fingerprint density at radius 2 is 2.05 bits per heavy atom. The topological polar surface area (TPSA) is 72.0 Å². The van der Waals surface area contributed by atoms with Crippen molar-refractivity contribution >= 4 is 16.8 Å². The zero-order valence-electron chi connectivity index (χ0n) is 21.5. The zero-order chi connectivity index (χ0) is 25.7. The molecule has 1 saturated heterocycles. The second-order valence-corrected chi connectivity index (χ2v) is 10.5. The molecule has 1 fully saturated rings. The van der Waals surface area contributed by atoms with E-state index in [1.165, 1.54) is 0 Å². The van der Waals surface area contributed by atoms with Gasteiger partial charge in [-0.15, -0.1) is 0 Å². The summed E-state index contributed by atoms with van der Waals surface area (Å²) in [5, 5.41) is 11.4. The summed E-state index contributed by atoms with van der Waals surface area (Å²) in [4.78, 5) is 24.2. The average Bonchev–Trinajstić information content (AvgIpc) is 3.35. The summed E-state index contributed by atoms with van der Waals surface area (Å²) < 4.78 is 5.52. The third-order valence-corrected chi connectivity index (χ3v) is 8.21. The van der Waals surface area contributed by atoms with Crippen LogP contribution in [0, 0.1) is 0 Å². The first-order valence-corrected chi connectivity index (χ1v) is 13.1. The molecule has 3 aliphatic rings. The molecular weight excluding hydrogens is 464 g/mol. The van der Waals surface area contributed by atoms with Crippen molar-refractivity contribution in [2.75, 3.05) is 33.3 Å². The third kappa shape index (κ3) is 3.80. The zero-order valence-corrected chi connectivity index (χ0v) is 21.5. The molecule has 3 aromatic rings. The van der Waals surface area contributed by atoms with Gasteiger partial charge in [0.2, 0.25) is 0 Å². The first-order chi connectivity index (χ1) is 17.9. The number of fused-ring (bicyclic) bond motifs is 4. The molecule has 0 bridgehead atoms. The van der Waals surface area contributed by atoms with Crippen LogP contribution < -0.4 is 4.74 Å². The molecular formula is C30H34N4O3. The Hall–Kier alpha value is -3.71. The van der Waals surface area contributed by atoms with E-state index in [2.05, 4.69) is 33.5 Å². The number of aromatic amines is 1. The van der Waals surface area contributed by atoms with Gasteiger partial charge in [0.1, 0.15) is 22.9 Å². The molecule has 4 heterocycles. The predicted octanol–water partition coefficient (Wildman–Crippen LogP) is 4.55. The van der Waals surface area contributed by atoms with Crippen molar-refractivity contribution in [2.45, 2.75) is 37.8 Å². The van der Waals surface area contributed by atoms with Crippen molar-refractivity contribution in [3.63, 3.8) is 0 Å². The Morgan fingerprint density at radius 3 is 2.81 bits per heavy atom. The van der Waals surface area contributed by atoms with Gasteiger partial charge in [0, 0.05) is 49.2 Å². The molecule has 192 valence electrons. The number of H-pyrrole nitrogens is 1. The van der Waals surface area contributed by atoms with Crippen LogP contribution in [0.25, 0.3) is 10.9 Å². The summed E-state index contributed by atoms with van der Waals surface area (Å²) in [6, 6.07) is 13.1. The molecule has 1 aromatic heterocycles. The maximum atomic E-state index is 14.1. The lowest BCUT2D eigenvalue weighted by Crippen LogP contribution is -2.52. The molecule has 2 atom stereocenters. The Bertz CT molecular complexity index is 1410. The summed E-state index contributed by atoms with van der Waals surface area (Å²) in [7, 11) is 1.67. The van der Waals surface area contributed by atoms with Gasteiger partial charge in [0.15, 0.2) is 0 Å². The maximum Gasteiger partial charge on any atom is 0.254 e. The standard InChI is InChI=1S/C30H34N4O3/c1-20-33(16-8-15-32-13-5-4-6-14-32)29(36)30(2)19-25-24-18-23(37-3)11-12-26(24)31-27(25)28(34(20)30)21-9-7-10-22(35)17-21/h4-5,7,9-12,17-18,28,31,35H,1,6,8,13-16,19H2,2-3H3/t28-,30+/m1/s1. The molecule has 7 heteroatoms. The number of ether oxygens (including phenoxy) is 1. The van der Waals surface area contributed by atoms with E-state index in [-0.39, 0.29) is 17.7 Å². The Kier molecular flexibility index (Phi) is 5.75. The Balaban J connectivity index is 1.40. The number of phenols is 1. The second-order valence-electron chi connectivity index (χ2n) is 10.5. The quantitative estimate of drug-likeness (QED) is 0.488. The van der Waals surface area contributed by atoms with Crippen LogP contribution >= 0.6 is 0 Å². The third-order valence-electron chi connectivity index (χ3n) is 8.21. The van der Waals surface area contributed by atoms with Crippen LogP contribution in [-0.2, 0) is 11.2 Å². The summed E-state index contributed by atoms with van der Waals surface area (Å²) in [5.41, 5.74) is 3.28. The van der Waals surface area contributed by atoms with E-state index in [9.17, 15) is 9.90 Å². The number of aromatic nitrogens is 1. The van der Waals surface area contributed by atoms with Crippen LogP contribution in [-0.4, -0.2) is 69.5 Å². The largest absolute Gasteiger partial charge is 0.508 e. The highest BCUT2D eigenvalue weighted by Gasteiger charge is 2.57. The molecule has 0 saturated carbocycles. The van der Waals surface area contributed by atoms with Crippen LogP contribution in [0.5, 0.6) is 11.5 Å². The summed E-state index contributed by atoms with van der Waals surface area (Å²) in [5.74, 6) is 1.80. The predicted molar refractivity (Wildman–Crippen MR) is 144 cm³/mol. The van der Waals surface area contributed by atoms with Gasteiger partial charge in [0.25, 0.3) is 5.91 Å². The minimum atomic E-state index is -0.785. The first kappa shape index (κ1) is 23.7. The summed E-state index contributed by atoms with van der Waals surface area (Å²) in [6.45, 7) is 10.1. The number of nitrogens with zero attached hydrogens (tertiary/aromatic N) is 3. The number of carbonyl (C=O) groups is 1. The molecule has 37 heavy (non-hydrogen) atoms. The molecule has 6 rings (SSSR count). The van der Waals surface area contributed by atoms with Crippen molar-refractivity contribution in [1.82, 2.24) is 19.7 Å². The lowest BCUT2D eigenvalue weighted by atomic mass is 9.81. The lowest BCUT2D eigenvalue weighted by molar-refractivity contribution is -0.133. The average molecular weight is 499 g/mol. The highest BCUT2D eigenvalue weighted by molar-refractivity contribution is 5.94. The van der Waals surface area contributed by atoms with Crippen LogP contribution in [0.1, 0.15) is 42.6 Å². The number of aromatic hydroxyl groups is 1. The fraction of sp³-hybridized carbons (Fsp3) is 0.367. The van der Waals surface area contributed by atoms with Gasteiger partial charge in [0.05, 0.1) is 13.2 Å². The monoisotopic (exact) mass is 498 g/mol. The molecule has 0 radical (unpaired) electrons. The van der Waals surface area contributed by atoms with Crippen LogP contribution in [0.2, 0.25) is 0 Å². The smallest absolute Gasteiger partial charge is 0.254 e. The Labute approximate surface area is 217 Å². The van der Waals surface area contributed by atoms with Crippen LogP contribution in [0.4, 0.5) is 0 Å². The minimum absolute atomic E-state index is 0.0871. The summed E-state index contributed by atoms with van der Waals surface area (Å²) >= 11 is 0. The normalized spacial score (nSPS) is 23.6. The molecule has 0 spiro atoms. The number of methoxy groups -OCH3 is 1. The van der Waals surface area contributed by atoms with Crippen LogP contribution in [0.3, 0.4) is 0 Å². The number of phenolic OH excluding ortho intramolecular Hbond substituents is 1. The molecule has 2 aromatic carbocycles.